The topological polar surface area (TPSA) is 39.1 Å². The molecule has 0 bridgehead atoms. The summed E-state index contributed by atoms with van der Waals surface area (Å²) in [6, 6.07) is 0.401. The number of nitrogens with zero attached hydrogens (tertiary/aromatic N) is 2. The zero-order chi connectivity index (χ0) is 11.1. The summed E-state index contributed by atoms with van der Waals surface area (Å²) < 4.78 is 7.33. The fourth-order valence-electron chi connectivity index (χ4n) is 1.38. The van der Waals surface area contributed by atoms with Crippen LogP contribution in [0.1, 0.15) is 20.3 Å². The molecule has 0 amide bonds. The van der Waals surface area contributed by atoms with Gasteiger partial charge in [0.1, 0.15) is 0 Å². The fraction of sp³-hybridized carbons (Fsp3) is 0.727. The predicted octanol–water partition coefficient (Wildman–Crippen LogP) is 1.29. The lowest BCUT2D eigenvalue weighted by molar-refractivity contribution is 0.0886. The van der Waals surface area contributed by atoms with E-state index < -0.39 is 0 Å². The molecular formula is C11H21N3O. The van der Waals surface area contributed by atoms with Gasteiger partial charge in [0, 0.05) is 32.1 Å². The van der Waals surface area contributed by atoms with Crippen LogP contribution in [0.4, 0.5) is 0 Å². The van der Waals surface area contributed by atoms with Crippen LogP contribution in [0.3, 0.4) is 0 Å². The van der Waals surface area contributed by atoms with E-state index in [9.17, 15) is 0 Å². The second-order valence-corrected chi connectivity index (χ2v) is 3.84. The van der Waals surface area contributed by atoms with E-state index in [-0.39, 0.29) is 6.10 Å². The highest BCUT2D eigenvalue weighted by molar-refractivity contribution is 4.74. The number of hydrogen-bond acceptors (Lipinski definition) is 3. The lowest BCUT2D eigenvalue weighted by atomic mass is 10.2. The molecule has 0 aliphatic heterocycles. The van der Waals surface area contributed by atoms with E-state index in [1.54, 1.807) is 7.11 Å². The summed E-state index contributed by atoms with van der Waals surface area (Å²) in [5.41, 5.74) is 0. The van der Waals surface area contributed by atoms with Gasteiger partial charge in [-0.2, -0.15) is 0 Å². The Kier molecular flexibility index (Phi) is 5.36. The Labute approximate surface area is 91.7 Å². The van der Waals surface area contributed by atoms with E-state index in [1.807, 2.05) is 18.7 Å². The number of nitrogens with one attached hydrogen (secondary N) is 1. The van der Waals surface area contributed by atoms with Gasteiger partial charge in [-0.05, 0) is 26.8 Å². The number of aryl methyl sites for hydroxylation is 1. The highest BCUT2D eigenvalue weighted by Crippen LogP contribution is 1.96. The van der Waals surface area contributed by atoms with Crippen LogP contribution in [0.5, 0.6) is 0 Å². The third-order valence-corrected chi connectivity index (χ3v) is 2.69. The quantitative estimate of drug-likeness (QED) is 0.691. The van der Waals surface area contributed by atoms with Crippen LogP contribution < -0.4 is 5.32 Å². The molecular weight excluding hydrogens is 190 g/mol. The summed E-state index contributed by atoms with van der Waals surface area (Å²) in [4.78, 5) is 4.00. The SMILES string of the molecule is COC(C)C(C)NCCCn1ccnc1. The van der Waals surface area contributed by atoms with Crippen LogP contribution in [-0.4, -0.2) is 35.4 Å². The molecule has 0 spiro atoms. The zero-order valence-corrected chi connectivity index (χ0v) is 9.81. The Balaban J connectivity index is 2.06. The van der Waals surface area contributed by atoms with Crippen LogP contribution in [0.25, 0.3) is 0 Å². The highest BCUT2D eigenvalue weighted by Gasteiger charge is 2.08. The molecule has 2 unspecified atom stereocenters. The summed E-state index contributed by atoms with van der Waals surface area (Å²) in [6.07, 6.45) is 7.01. The van der Waals surface area contributed by atoms with Crippen LogP contribution in [0.15, 0.2) is 18.7 Å². The molecule has 1 heterocycles. The third-order valence-electron chi connectivity index (χ3n) is 2.69. The summed E-state index contributed by atoms with van der Waals surface area (Å²) in [6.45, 7) is 6.24. The van der Waals surface area contributed by atoms with Gasteiger partial charge in [0.2, 0.25) is 0 Å². The van der Waals surface area contributed by atoms with Crippen molar-refractivity contribution in [2.24, 2.45) is 0 Å². The molecule has 1 aromatic heterocycles. The second kappa shape index (κ2) is 6.58. The van der Waals surface area contributed by atoms with Gasteiger partial charge in [-0.25, -0.2) is 4.98 Å². The molecule has 1 N–H and O–H groups in total. The molecule has 15 heavy (non-hydrogen) atoms. The standard InChI is InChI=1S/C11H21N3O/c1-10(11(2)15-3)13-5-4-7-14-8-6-12-9-14/h6,8-11,13H,4-5,7H2,1-3H3. The minimum atomic E-state index is 0.262. The van der Waals surface area contributed by atoms with Gasteiger partial charge in [-0.15, -0.1) is 0 Å². The van der Waals surface area contributed by atoms with Crippen molar-refractivity contribution in [1.29, 1.82) is 0 Å². The molecule has 0 saturated heterocycles. The van der Waals surface area contributed by atoms with Gasteiger partial charge in [-0.1, -0.05) is 0 Å². The van der Waals surface area contributed by atoms with Crippen LogP contribution in [0, 0.1) is 0 Å². The number of aromatic nitrogens is 2. The first-order valence-electron chi connectivity index (χ1n) is 5.46. The van der Waals surface area contributed by atoms with Crippen LogP contribution in [-0.2, 0) is 11.3 Å². The van der Waals surface area contributed by atoms with Crippen molar-refractivity contribution >= 4 is 0 Å². The fourth-order valence-corrected chi connectivity index (χ4v) is 1.38. The number of hydrogen-bond donors (Lipinski definition) is 1. The molecule has 0 aliphatic rings. The Morgan fingerprint density at radius 3 is 2.87 bits per heavy atom. The molecule has 4 nitrogen and oxygen atoms in total. The maximum absolute atomic E-state index is 5.24. The van der Waals surface area contributed by atoms with E-state index in [0.29, 0.717) is 6.04 Å². The molecule has 0 aromatic carbocycles. The summed E-state index contributed by atoms with van der Waals surface area (Å²) in [5, 5.41) is 3.44. The smallest absolute Gasteiger partial charge is 0.0945 e. The molecule has 2 atom stereocenters. The van der Waals surface area contributed by atoms with Gasteiger partial charge in [-0.3, -0.25) is 0 Å². The number of ether oxygens (including phenoxy) is 1. The Bertz CT molecular complexity index is 248. The van der Waals surface area contributed by atoms with Gasteiger partial charge in [0.15, 0.2) is 0 Å². The second-order valence-electron chi connectivity index (χ2n) is 3.84. The van der Waals surface area contributed by atoms with Crippen LogP contribution in [0.2, 0.25) is 0 Å². The maximum atomic E-state index is 5.24. The van der Waals surface area contributed by atoms with Crippen molar-refractivity contribution < 1.29 is 4.74 Å². The Morgan fingerprint density at radius 1 is 1.47 bits per heavy atom. The van der Waals surface area contributed by atoms with Crippen molar-refractivity contribution in [1.82, 2.24) is 14.9 Å². The van der Waals surface area contributed by atoms with Crippen molar-refractivity contribution in [3.8, 4) is 0 Å². The highest BCUT2D eigenvalue weighted by atomic mass is 16.5. The third kappa shape index (κ3) is 4.44. The van der Waals surface area contributed by atoms with Crippen LogP contribution >= 0.6 is 0 Å². The van der Waals surface area contributed by atoms with E-state index >= 15 is 0 Å². The molecule has 0 saturated carbocycles. The number of imidazole rings is 1. The lowest BCUT2D eigenvalue weighted by Crippen LogP contribution is -2.37. The largest absolute Gasteiger partial charge is 0.380 e. The summed E-state index contributed by atoms with van der Waals surface area (Å²) in [7, 11) is 1.74. The Morgan fingerprint density at radius 2 is 2.27 bits per heavy atom. The minimum Gasteiger partial charge on any atom is -0.380 e. The number of rotatable bonds is 7. The van der Waals surface area contributed by atoms with Gasteiger partial charge in [0.25, 0.3) is 0 Å². The molecule has 1 aromatic rings. The summed E-state index contributed by atoms with van der Waals surface area (Å²) in [5.74, 6) is 0. The van der Waals surface area contributed by atoms with Gasteiger partial charge >= 0.3 is 0 Å². The first-order chi connectivity index (χ1) is 7.24. The predicted molar refractivity (Wildman–Crippen MR) is 60.8 cm³/mol. The van der Waals surface area contributed by atoms with E-state index in [0.717, 1.165) is 19.5 Å². The van der Waals surface area contributed by atoms with Gasteiger partial charge in [0.05, 0.1) is 12.4 Å². The molecule has 86 valence electrons. The monoisotopic (exact) mass is 211 g/mol. The molecule has 4 heteroatoms. The number of methoxy groups -OCH3 is 1. The lowest BCUT2D eigenvalue weighted by Gasteiger charge is -2.19. The summed E-state index contributed by atoms with van der Waals surface area (Å²) >= 11 is 0. The average molecular weight is 211 g/mol. The van der Waals surface area contributed by atoms with E-state index in [2.05, 4.69) is 28.7 Å². The normalized spacial score (nSPS) is 15.1. The molecule has 0 radical (unpaired) electrons. The van der Waals surface area contributed by atoms with Gasteiger partial charge < -0.3 is 14.6 Å². The van der Waals surface area contributed by atoms with Crippen molar-refractivity contribution in [2.45, 2.75) is 39.0 Å². The molecule has 0 fully saturated rings. The van der Waals surface area contributed by atoms with Crippen molar-refractivity contribution in [3.63, 3.8) is 0 Å². The van der Waals surface area contributed by atoms with E-state index in [4.69, 9.17) is 4.74 Å². The first kappa shape index (κ1) is 12.2. The van der Waals surface area contributed by atoms with Crippen molar-refractivity contribution in [3.05, 3.63) is 18.7 Å². The molecule has 0 aliphatic carbocycles. The van der Waals surface area contributed by atoms with E-state index in [1.165, 1.54) is 0 Å². The van der Waals surface area contributed by atoms with Crippen molar-refractivity contribution in [2.75, 3.05) is 13.7 Å². The maximum Gasteiger partial charge on any atom is 0.0945 e. The first-order valence-corrected chi connectivity index (χ1v) is 5.46. The molecule has 1 rings (SSSR count). The minimum absolute atomic E-state index is 0.262. The zero-order valence-electron chi connectivity index (χ0n) is 9.81. The Hall–Kier alpha value is -0.870. The average Bonchev–Trinajstić information content (AvgIpc) is 2.75.